The van der Waals surface area contributed by atoms with Gasteiger partial charge in [0, 0.05) is 23.6 Å². The number of carbonyl (C=O) groups is 2. The van der Waals surface area contributed by atoms with Crippen molar-refractivity contribution in [3.8, 4) is 0 Å². The summed E-state index contributed by atoms with van der Waals surface area (Å²) < 4.78 is 5.05. The Labute approximate surface area is 193 Å². The van der Waals surface area contributed by atoms with Crippen LogP contribution in [0.2, 0.25) is 0 Å². The third kappa shape index (κ3) is 5.76. The molecule has 1 amide bonds. The van der Waals surface area contributed by atoms with Crippen molar-refractivity contribution >= 4 is 34.9 Å². The number of thiocarbonyl (C=S) groups is 1. The van der Waals surface area contributed by atoms with Crippen LogP contribution in [-0.4, -0.2) is 28.6 Å². The molecule has 1 aromatic heterocycles. The van der Waals surface area contributed by atoms with E-state index in [1.54, 1.807) is 54.5 Å². The first kappa shape index (κ1) is 23.1. The van der Waals surface area contributed by atoms with Gasteiger partial charge >= 0.3 is 5.97 Å². The van der Waals surface area contributed by atoms with Crippen LogP contribution in [-0.2, 0) is 11.3 Å². The molecule has 0 saturated carbocycles. The number of carbonyl (C=O) groups excluding carboxylic acids is 2. The molecule has 164 valence electrons. The fourth-order valence-corrected chi connectivity index (χ4v) is 3.33. The van der Waals surface area contributed by atoms with E-state index in [1.165, 1.54) is 0 Å². The lowest BCUT2D eigenvalue weighted by molar-refractivity contribution is 0.0526. The highest BCUT2D eigenvalue weighted by atomic mass is 32.1. The zero-order valence-corrected chi connectivity index (χ0v) is 19.1. The summed E-state index contributed by atoms with van der Waals surface area (Å²) in [7, 11) is 0. The third-order valence-corrected chi connectivity index (χ3v) is 5.31. The monoisotopic (exact) mass is 447 g/mol. The highest BCUT2D eigenvalue weighted by molar-refractivity contribution is 7.80. The Bertz CT molecular complexity index is 1120. The average molecular weight is 448 g/mol. The highest BCUT2D eigenvalue weighted by Crippen LogP contribution is 2.19. The number of rotatable bonds is 6. The largest absolute Gasteiger partial charge is 0.462 e. The zero-order valence-electron chi connectivity index (χ0n) is 18.3. The summed E-state index contributed by atoms with van der Waals surface area (Å²) in [5.74, 6) is -0.666. The number of ether oxygens (including phenoxy) is 1. The first-order valence-electron chi connectivity index (χ1n) is 10.2. The number of benzene rings is 2. The van der Waals surface area contributed by atoms with Crippen molar-refractivity contribution < 1.29 is 14.3 Å². The Kier molecular flexibility index (Phi) is 7.68. The predicted molar refractivity (Wildman–Crippen MR) is 129 cm³/mol. The van der Waals surface area contributed by atoms with Gasteiger partial charge in [0.1, 0.15) is 0 Å². The van der Waals surface area contributed by atoms with Gasteiger partial charge in [-0.15, -0.1) is 0 Å². The van der Waals surface area contributed by atoms with Crippen LogP contribution in [0.4, 0.5) is 5.69 Å². The van der Waals surface area contributed by atoms with Crippen LogP contribution in [0.3, 0.4) is 0 Å². The number of pyridine rings is 1. The van der Waals surface area contributed by atoms with E-state index in [-0.39, 0.29) is 17.0 Å². The molecule has 0 saturated heterocycles. The number of aryl methyl sites for hydroxylation is 2. The number of nitrogens with zero attached hydrogens (tertiary/aromatic N) is 2. The summed E-state index contributed by atoms with van der Waals surface area (Å²) in [5, 5.41) is 3.08. The molecule has 0 spiro atoms. The molecule has 0 aliphatic heterocycles. The van der Waals surface area contributed by atoms with E-state index in [9.17, 15) is 9.59 Å². The molecular weight excluding hydrogens is 422 g/mol. The maximum absolute atomic E-state index is 12.8. The van der Waals surface area contributed by atoms with Crippen LogP contribution < -0.4 is 10.2 Å². The van der Waals surface area contributed by atoms with E-state index < -0.39 is 0 Å². The van der Waals surface area contributed by atoms with E-state index in [0.29, 0.717) is 24.3 Å². The SMILES string of the molecule is CCOC(=O)c1ccc(N(Cc2cccnc2)C(=S)NC(=O)c2ccc(C)c(C)c2)cc1. The molecule has 0 aliphatic carbocycles. The molecule has 3 aromatic rings. The van der Waals surface area contributed by atoms with E-state index >= 15 is 0 Å². The summed E-state index contributed by atoms with van der Waals surface area (Å²) in [6, 6.07) is 16.2. The van der Waals surface area contributed by atoms with Gasteiger partial charge in [-0.3, -0.25) is 15.1 Å². The number of nitrogens with one attached hydrogen (secondary N) is 1. The molecule has 0 atom stereocenters. The Morgan fingerprint density at radius 1 is 1.03 bits per heavy atom. The summed E-state index contributed by atoms with van der Waals surface area (Å²) in [4.78, 5) is 30.7. The van der Waals surface area contributed by atoms with E-state index in [2.05, 4.69) is 10.3 Å². The topological polar surface area (TPSA) is 71.5 Å². The van der Waals surface area contributed by atoms with Gasteiger partial charge in [-0.2, -0.15) is 0 Å². The molecule has 0 aliphatic rings. The number of aromatic nitrogens is 1. The maximum Gasteiger partial charge on any atom is 0.338 e. The minimum atomic E-state index is -0.386. The molecule has 32 heavy (non-hydrogen) atoms. The molecule has 0 bridgehead atoms. The van der Waals surface area contributed by atoms with Gasteiger partial charge in [0.25, 0.3) is 5.91 Å². The normalized spacial score (nSPS) is 10.3. The van der Waals surface area contributed by atoms with E-state index in [1.807, 2.05) is 38.1 Å². The van der Waals surface area contributed by atoms with Crippen molar-refractivity contribution in [3.63, 3.8) is 0 Å². The van der Waals surface area contributed by atoms with Crippen LogP contribution in [0.5, 0.6) is 0 Å². The van der Waals surface area contributed by atoms with Crippen LogP contribution >= 0.6 is 12.2 Å². The summed E-state index contributed by atoms with van der Waals surface area (Å²) in [5.41, 5.74) is 4.78. The van der Waals surface area contributed by atoms with Crippen molar-refractivity contribution in [3.05, 3.63) is 94.8 Å². The van der Waals surface area contributed by atoms with Crippen LogP contribution in [0, 0.1) is 13.8 Å². The number of amides is 1. The molecule has 2 aromatic carbocycles. The number of anilines is 1. The lowest BCUT2D eigenvalue weighted by atomic mass is 10.1. The number of hydrogen-bond acceptors (Lipinski definition) is 5. The zero-order chi connectivity index (χ0) is 23.1. The molecule has 0 radical (unpaired) electrons. The Morgan fingerprint density at radius 3 is 2.38 bits per heavy atom. The fraction of sp³-hybridized carbons (Fsp3) is 0.200. The second-order valence-electron chi connectivity index (χ2n) is 7.27. The van der Waals surface area contributed by atoms with Crippen LogP contribution in [0.1, 0.15) is 44.3 Å². The van der Waals surface area contributed by atoms with E-state index in [0.717, 1.165) is 22.4 Å². The molecule has 1 heterocycles. The molecule has 3 rings (SSSR count). The van der Waals surface area contributed by atoms with Crippen molar-refractivity contribution in [1.29, 1.82) is 0 Å². The van der Waals surface area contributed by atoms with Gasteiger partial charge < -0.3 is 9.64 Å². The molecule has 7 heteroatoms. The molecular formula is C25H25N3O3S. The summed E-state index contributed by atoms with van der Waals surface area (Å²) in [6.07, 6.45) is 3.44. The minimum absolute atomic E-state index is 0.251. The van der Waals surface area contributed by atoms with E-state index in [4.69, 9.17) is 17.0 Å². The molecule has 0 fully saturated rings. The van der Waals surface area contributed by atoms with Gasteiger partial charge in [-0.05, 0) is 92.1 Å². The highest BCUT2D eigenvalue weighted by Gasteiger charge is 2.18. The average Bonchev–Trinajstić information content (AvgIpc) is 2.80. The second-order valence-corrected chi connectivity index (χ2v) is 7.66. The summed E-state index contributed by atoms with van der Waals surface area (Å²) >= 11 is 5.60. The quantitative estimate of drug-likeness (QED) is 0.440. The Hall–Kier alpha value is -3.58. The van der Waals surface area contributed by atoms with Gasteiger partial charge in [0.05, 0.1) is 18.7 Å². The van der Waals surface area contributed by atoms with Crippen LogP contribution in [0.15, 0.2) is 67.0 Å². The van der Waals surface area contributed by atoms with Gasteiger partial charge in [-0.1, -0.05) is 12.1 Å². The van der Waals surface area contributed by atoms with Crippen molar-refractivity contribution in [2.45, 2.75) is 27.3 Å². The lowest BCUT2D eigenvalue weighted by Crippen LogP contribution is -2.42. The second kappa shape index (κ2) is 10.6. The molecule has 1 N–H and O–H groups in total. The Balaban J connectivity index is 1.85. The summed E-state index contributed by atoms with van der Waals surface area (Å²) in [6.45, 7) is 6.43. The number of esters is 1. The van der Waals surface area contributed by atoms with Crippen molar-refractivity contribution in [1.82, 2.24) is 10.3 Å². The smallest absolute Gasteiger partial charge is 0.338 e. The lowest BCUT2D eigenvalue weighted by Gasteiger charge is -2.26. The predicted octanol–water partition coefficient (Wildman–Crippen LogP) is 4.60. The Morgan fingerprint density at radius 2 is 1.75 bits per heavy atom. The van der Waals surface area contributed by atoms with Crippen molar-refractivity contribution in [2.24, 2.45) is 0 Å². The van der Waals surface area contributed by atoms with Gasteiger partial charge in [0.2, 0.25) is 0 Å². The first-order chi connectivity index (χ1) is 15.4. The fourth-order valence-electron chi connectivity index (χ4n) is 3.07. The number of hydrogen-bond donors (Lipinski definition) is 1. The van der Waals surface area contributed by atoms with Crippen LogP contribution in [0.25, 0.3) is 0 Å². The van der Waals surface area contributed by atoms with Gasteiger partial charge in [0.15, 0.2) is 5.11 Å². The van der Waals surface area contributed by atoms with Gasteiger partial charge in [-0.25, -0.2) is 4.79 Å². The van der Waals surface area contributed by atoms with Crippen molar-refractivity contribution in [2.75, 3.05) is 11.5 Å². The molecule has 6 nitrogen and oxygen atoms in total. The molecule has 0 unspecified atom stereocenters. The first-order valence-corrected chi connectivity index (χ1v) is 10.7. The standard InChI is InChI=1S/C25H25N3O3S/c1-4-31-24(30)20-9-11-22(12-10-20)28(16-19-6-5-13-26-15-19)25(32)27-23(29)21-8-7-17(2)18(3)14-21/h5-15H,4,16H2,1-3H3,(H,27,29,32). The minimum Gasteiger partial charge on any atom is -0.462 e. The third-order valence-electron chi connectivity index (χ3n) is 4.99. The maximum atomic E-state index is 12.8.